The highest BCUT2D eigenvalue weighted by molar-refractivity contribution is 7.99. The van der Waals surface area contributed by atoms with Gasteiger partial charge in [0, 0.05) is 36.4 Å². The van der Waals surface area contributed by atoms with Gasteiger partial charge in [0.25, 0.3) is 0 Å². The minimum Gasteiger partial charge on any atom is -0.374 e. The summed E-state index contributed by atoms with van der Waals surface area (Å²) >= 11 is 8.08. The summed E-state index contributed by atoms with van der Waals surface area (Å²) in [7, 11) is 0. The molecule has 1 aromatic heterocycles. The lowest BCUT2D eigenvalue weighted by Crippen LogP contribution is -2.44. The number of thioether (sulfide) groups is 1. The minimum atomic E-state index is 0.0547. The van der Waals surface area contributed by atoms with Crippen molar-refractivity contribution in [2.75, 3.05) is 19.7 Å². The van der Waals surface area contributed by atoms with Gasteiger partial charge in [0.1, 0.15) is 5.03 Å². The van der Waals surface area contributed by atoms with Crippen LogP contribution in [0.4, 0.5) is 0 Å². The van der Waals surface area contributed by atoms with Gasteiger partial charge in [-0.3, -0.25) is 4.90 Å². The third-order valence-corrected chi connectivity index (χ3v) is 7.65. The van der Waals surface area contributed by atoms with Crippen molar-refractivity contribution in [3.63, 3.8) is 0 Å². The molecule has 0 radical (unpaired) electrons. The molecule has 0 aliphatic carbocycles. The molecule has 2 heterocycles. The predicted octanol–water partition coefficient (Wildman–Crippen LogP) is 7.14. The lowest BCUT2D eigenvalue weighted by atomic mass is 10.1. The fourth-order valence-corrected chi connectivity index (χ4v) is 5.86. The lowest BCUT2D eigenvalue weighted by molar-refractivity contribution is -0.0320. The molecule has 172 valence electrons. The van der Waals surface area contributed by atoms with Crippen molar-refractivity contribution < 1.29 is 4.74 Å². The maximum absolute atomic E-state index is 6.39. The summed E-state index contributed by atoms with van der Waals surface area (Å²) in [5, 5.41) is 1.83. The van der Waals surface area contributed by atoms with Gasteiger partial charge in [-0.2, -0.15) is 0 Å². The summed E-state index contributed by atoms with van der Waals surface area (Å²) in [6.45, 7) is 3.48. The number of halogens is 1. The van der Waals surface area contributed by atoms with Crippen LogP contribution in [0, 0.1) is 0 Å². The standard InChI is InChI=1S/C29H27ClN2OS/c30-25-14-7-13-24(19-25)26-15-8-16-31-29(26)34-28(23-11-5-2-6-12-23)27-21-32(17-18-33-27)20-22-9-3-1-4-10-22/h1-16,19,27-28H,17-18,20-21H2/t27-,28?/m0/s1. The van der Waals surface area contributed by atoms with Crippen LogP contribution in [-0.2, 0) is 11.3 Å². The lowest BCUT2D eigenvalue weighted by Gasteiger charge is -2.37. The van der Waals surface area contributed by atoms with E-state index in [1.165, 1.54) is 11.1 Å². The van der Waals surface area contributed by atoms with Crippen molar-refractivity contribution in [1.29, 1.82) is 0 Å². The Morgan fingerprint density at radius 1 is 0.941 bits per heavy atom. The van der Waals surface area contributed by atoms with E-state index in [9.17, 15) is 0 Å². The van der Waals surface area contributed by atoms with E-state index in [0.717, 1.165) is 47.4 Å². The summed E-state index contributed by atoms with van der Waals surface area (Å²) in [6, 6.07) is 33.4. The van der Waals surface area contributed by atoms with E-state index in [1.54, 1.807) is 11.8 Å². The minimum absolute atomic E-state index is 0.0547. The smallest absolute Gasteiger partial charge is 0.104 e. The number of pyridine rings is 1. The van der Waals surface area contributed by atoms with Gasteiger partial charge in [-0.1, -0.05) is 102 Å². The fourth-order valence-electron chi connectivity index (χ4n) is 4.38. The predicted molar refractivity (Wildman–Crippen MR) is 141 cm³/mol. The summed E-state index contributed by atoms with van der Waals surface area (Å²) in [4.78, 5) is 7.28. The molecule has 0 bridgehead atoms. The molecule has 3 nitrogen and oxygen atoms in total. The number of nitrogens with zero attached hydrogens (tertiary/aromatic N) is 2. The van der Waals surface area contributed by atoms with Crippen molar-refractivity contribution in [1.82, 2.24) is 9.88 Å². The Hall–Kier alpha value is -2.63. The topological polar surface area (TPSA) is 25.4 Å². The quantitative estimate of drug-likeness (QED) is 0.259. The van der Waals surface area contributed by atoms with Gasteiger partial charge in [-0.15, -0.1) is 0 Å². The highest BCUT2D eigenvalue weighted by atomic mass is 35.5. The normalized spacial score (nSPS) is 17.4. The van der Waals surface area contributed by atoms with Crippen molar-refractivity contribution in [3.8, 4) is 11.1 Å². The van der Waals surface area contributed by atoms with Gasteiger partial charge in [-0.05, 0) is 34.9 Å². The van der Waals surface area contributed by atoms with Gasteiger partial charge in [0.05, 0.1) is 18.0 Å². The van der Waals surface area contributed by atoms with Gasteiger partial charge < -0.3 is 4.74 Å². The van der Waals surface area contributed by atoms with Crippen molar-refractivity contribution in [2.24, 2.45) is 0 Å². The van der Waals surface area contributed by atoms with Crippen LogP contribution < -0.4 is 0 Å². The number of morpholine rings is 1. The first-order valence-electron chi connectivity index (χ1n) is 11.6. The Morgan fingerprint density at radius 2 is 1.74 bits per heavy atom. The Balaban J connectivity index is 1.43. The molecule has 4 aromatic rings. The molecule has 3 aromatic carbocycles. The maximum atomic E-state index is 6.39. The maximum Gasteiger partial charge on any atom is 0.104 e. The first-order chi connectivity index (χ1) is 16.8. The van der Waals surface area contributed by atoms with Crippen LogP contribution >= 0.6 is 23.4 Å². The molecule has 1 aliphatic rings. The SMILES string of the molecule is Clc1cccc(-c2cccnc2SC(c2ccccc2)[C@@H]2CN(Cc3ccccc3)CCO2)c1. The fraction of sp³-hybridized carbons (Fsp3) is 0.207. The van der Waals surface area contributed by atoms with E-state index < -0.39 is 0 Å². The molecule has 0 amide bonds. The van der Waals surface area contributed by atoms with E-state index in [0.29, 0.717) is 0 Å². The first kappa shape index (κ1) is 23.1. The van der Waals surface area contributed by atoms with Gasteiger partial charge in [0.15, 0.2) is 0 Å². The van der Waals surface area contributed by atoms with Crippen LogP contribution in [0.15, 0.2) is 108 Å². The third-order valence-electron chi connectivity index (χ3n) is 6.04. The summed E-state index contributed by atoms with van der Waals surface area (Å²) in [6.07, 6.45) is 1.92. The van der Waals surface area contributed by atoms with E-state index >= 15 is 0 Å². The molecular weight excluding hydrogens is 460 g/mol. The molecule has 1 aliphatic heterocycles. The largest absolute Gasteiger partial charge is 0.374 e. The van der Waals surface area contributed by atoms with E-state index in [-0.39, 0.29) is 11.4 Å². The van der Waals surface area contributed by atoms with Crippen LogP contribution in [0.2, 0.25) is 5.02 Å². The third kappa shape index (κ3) is 5.70. The molecule has 34 heavy (non-hydrogen) atoms. The van der Waals surface area contributed by atoms with Crippen LogP contribution in [0.5, 0.6) is 0 Å². The summed E-state index contributed by atoms with van der Waals surface area (Å²) in [5.41, 5.74) is 4.75. The van der Waals surface area contributed by atoms with Crippen molar-refractivity contribution in [2.45, 2.75) is 22.9 Å². The van der Waals surface area contributed by atoms with Gasteiger partial charge in [-0.25, -0.2) is 4.98 Å². The number of aromatic nitrogens is 1. The zero-order valence-electron chi connectivity index (χ0n) is 18.9. The van der Waals surface area contributed by atoms with E-state index in [2.05, 4.69) is 77.7 Å². The molecule has 1 unspecified atom stereocenters. The van der Waals surface area contributed by atoms with E-state index in [4.69, 9.17) is 21.3 Å². The Bertz CT molecular complexity index is 1200. The van der Waals surface area contributed by atoms with Crippen LogP contribution in [0.25, 0.3) is 11.1 Å². The van der Waals surface area contributed by atoms with Gasteiger partial charge >= 0.3 is 0 Å². The summed E-state index contributed by atoms with van der Waals surface area (Å²) < 4.78 is 6.39. The second-order valence-electron chi connectivity index (χ2n) is 8.45. The summed E-state index contributed by atoms with van der Waals surface area (Å²) in [5.74, 6) is 0. The first-order valence-corrected chi connectivity index (χ1v) is 12.8. The molecule has 5 rings (SSSR count). The average Bonchev–Trinajstić information content (AvgIpc) is 2.89. The zero-order chi connectivity index (χ0) is 23.2. The molecule has 2 atom stereocenters. The molecule has 0 saturated carbocycles. The molecule has 0 spiro atoms. The highest BCUT2D eigenvalue weighted by Crippen LogP contribution is 2.43. The van der Waals surface area contributed by atoms with Crippen LogP contribution in [0.3, 0.4) is 0 Å². The molecule has 0 N–H and O–H groups in total. The Morgan fingerprint density at radius 3 is 2.53 bits per heavy atom. The number of ether oxygens (including phenoxy) is 1. The van der Waals surface area contributed by atoms with Crippen molar-refractivity contribution >= 4 is 23.4 Å². The average molecular weight is 487 g/mol. The number of hydrogen-bond donors (Lipinski definition) is 0. The Labute approximate surface area is 210 Å². The molecule has 1 fully saturated rings. The number of hydrogen-bond acceptors (Lipinski definition) is 4. The zero-order valence-corrected chi connectivity index (χ0v) is 20.5. The number of rotatable bonds is 7. The molecular formula is C29H27ClN2OS. The highest BCUT2D eigenvalue weighted by Gasteiger charge is 2.31. The van der Waals surface area contributed by atoms with Gasteiger partial charge in [0.2, 0.25) is 0 Å². The second kappa shape index (κ2) is 11.2. The van der Waals surface area contributed by atoms with E-state index in [1.807, 2.05) is 30.5 Å². The second-order valence-corrected chi connectivity index (χ2v) is 10.0. The Kier molecular flexibility index (Phi) is 7.62. The van der Waals surface area contributed by atoms with Crippen LogP contribution in [-0.4, -0.2) is 35.7 Å². The number of benzene rings is 3. The molecule has 5 heteroatoms. The van der Waals surface area contributed by atoms with Crippen molar-refractivity contribution in [3.05, 3.63) is 119 Å². The van der Waals surface area contributed by atoms with Crippen LogP contribution in [0.1, 0.15) is 16.4 Å². The monoisotopic (exact) mass is 486 g/mol. The molecule has 1 saturated heterocycles.